The summed E-state index contributed by atoms with van der Waals surface area (Å²) in [5, 5.41) is 1.50. The van der Waals surface area contributed by atoms with Gasteiger partial charge in [0, 0.05) is 10.8 Å². The topological polar surface area (TPSA) is 52.6 Å². The average Bonchev–Trinajstić information content (AvgIpc) is 2.48. The van der Waals surface area contributed by atoms with Gasteiger partial charge in [-0.2, -0.15) is 0 Å². The summed E-state index contributed by atoms with van der Waals surface area (Å²) >= 11 is 0. The second-order valence-electron chi connectivity index (χ2n) is 4.42. The molecule has 0 atom stereocenters. The molecular weight excluding hydrogens is 256 g/mol. The number of benzene rings is 2. The fraction of sp³-hybridized carbons (Fsp3) is 0.125. The number of ketones is 2. The van der Waals surface area contributed by atoms with Gasteiger partial charge in [0.15, 0.2) is 11.6 Å². The third-order valence-corrected chi connectivity index (χ3v) is 3.41. The first-order valence-corrected chi connectivity index (χ1v) is 6.12. The predicted molar refractivity (Wildman–Crippen MR) is 74.9 cm³/mol. The van der Waals surface area contributed by atoms with Gasteiger partial charge in [0.1, 0.15) is 11.5 Å². The number of rotatable bonds is 2. The van der Waals surface area contributed by atoms with E-state index in [-0.39, 0.29) is 22.7 Å². The van der Waals surface area contributed by atoms with Crippen LogP contribution in [0.2, 0.25) is 0 Å². The van der Waals surface area contributed by atoms with Crippen LogP contribution < -0.4 is 9.47 Å². The van der Waals surface area contributed by atoms with Crippen LogP contribution in [0.25, 0.3) is 10.8 Å². The Hall–Kier alpha value is -2.62. The summed E-state index contributed by atoms with van der Waals surface area (Å²) in [5.41, 5.74) is 0.547. The van der Waals surface area contributed by atoms with Crippen LogP contribution in [0.5, 0.6) is 11.5 Å². The number of methoxy groups -OCH3 is 2. The third kappa shape index (κ3) is 1.54. The fourth-order valence-electron chi connectivity index (χ4n) is 2.59. The van der Waals surface area contributed by atoms with E-state index < -0.39 is 0 Å². The minimum absolute atomic E-state index is 0.250. The standard InChI is InChI=1S/C16H12O4/c1-19-15-9-5-3-4-6-10(9)16(20-2)14-12(18)8-7-11(17)13(14)15/h3-8H,1-2H3. The van der Waals surface area contributed by atoms with Crippen LogP contribution in [0, 0.1) is 0 Å². The summed E-state index contributed by atoms with van der Waals surface area (Å²) in [6, 6.07) is 7.38. The van der Waals surface area contributed by atoms with Gasteiger partial charge in [0.25, 0.3) is 0 Å². The van der Waals surface area contributed by atoms with Crippen molar-refractivity contribution in [2.45, 2.75) is 0 Å². The number of hydrogen-bond donors (Lipinski definition) is 0. The van der Waals surface area contributed by atoms with Crippen molar-refractivity contribution in [3.63, 3.8) is 0 Å². The monoisotopic (exact) mass is 268 g/mol. The summed E-state index contributed by atoms with van der Waals surface area (Å²) in [7, 11) is 2.98. The maximum absolute atomic E-state index is 12.1. The normalized spacial score (nSPS) is 13.5. The molecule has 0 aromatic heterocycles. The summed E-state index contributed by atoms with van der Waals surface area (Å²) in [6.45, 7) is 0. The van der Waals surface area contributed by atoms with Gasteiger partial charge < -0.3 is 9.47 Å². The van der Waals surface area contributed by atoms with Crippen LogP contribution >= 0.6 is 0 Å². The Kier molecular flexibility index (Phi) is 2.79. The quantitative estimate of drug-likeness (QED) is 0.840. The van der Waals surface area contributed by atoms with Crippen molar-refractivity contribution in [1.29, 1.82) is 0 Å². The Morgan fingerprint density at radius 2 is 1.15 bits per heavy atom. The highest BCUT2D eigenvalue weighted by molar-refractivity contribution is 6.27. The summed E-state index contributed by atoms with van der Waals surface area (Å²) in [4.78, 5) is 24.3. The van der Waals surface area contributed by atoms with E-state index in [2.05, 4.69) is 0 Å². The Morgan fingerprint density at radius 3 is 1.50 bits per heavy atom. The summed E-state index contributed by atoms with van der Waals surface area (Å²) < 4.78 is 10.8. The summed E-state index contributed by atoms with van der Waals surface area (Å²) in [6.07, 6.45) is 2.53. The van der Waals surface area contributed by atoms with Crippen LogP contribution in [0.4, 0.5) is 0 Å². The summed E-state index contributed by atoms with van der Waals surface area (Å²) in [5.74, 6) is 0.333. The van der Waals surface area contributed by atoms with Gasteiger partial charge in [-0.1, -0.05) is 24.3 Å². The van der Waals surface area contributed by atoms with Crippen LogP contribution in [-0.2, 0) is 0 Å². The molecule has 4 nitrogen and oxygen atoms in total. The van der Waals surface area contributed by atoms with Gasteiger partial charge in [0.2, 0.25) is 0 Å². The largest absolute Gasteiger partial charge is 0.495 e. The van der Waals surface area contributed by atoms with Gasteiger partial charge in [-0.15, -0.1) is 0 Å². The molecule has 2 aromatic carbocycles. The highest BCUT2D eigenvalue weighted by atomic mass is 16.5. The lowest BCUT2D eigenvalue weighted by Crippen LogP contribution is -2.15. The molecular formula is C16H12O4. The van der Waals surface area contributed by atoms with E-state index in [4.69, 9.17) is 9.47 Å². The van der Waals surface area contributed by atoms with Gasteiger partial charge in [-0.05, 0) is 12.2 Å². The van der Waals surface area contributed by atoms with Crippen molar-refractivity contribution >= 4 is 22.3 Å². The minimum atomic E-state index is -0.250. The molecule has 0 unspecified atom stereocenters. The zero-order chi connectivity index (χ0) is 14.3. The molecule has 0 heterocycles. The molecule has 0 aliphatic heterocycles. The maximum atomic E-state index is 12.1. The first-order valence-electron chi connectivity index (χ1n) is 6.12. The van der Waals surface area contributed by atoms with Gasteiger partial charge in [-0.25, -0.2) is 0 Å². The second-order valence-corrected chi connectivity index (χ2v) is 4.42. The molecule has 2 aromatic rings. The first-order chi connectivity index (χ1) is 9.69. The molecule has 3 rings (SSSR count). The molecule has 100 valence electrons. The smallest absolute Gasteiger partial charge is 0.190 e. The van der Waals surface area contributed by atoms with Gasteiger partial charge in [0.05, 0.1) is 25.3 Å². The van der Waals surface area contributed by atoms with Crippen LogP contribution in [0.3, 0.4) is 0 Å². The van der Waals surface area contributed by atoms with Crippen molar-refractivity contribution in [1.82, 2.24) is 0 Å². The van der Waals surface area contributed by atoms with E-state index >= 15 is 0 Å². The number of allylic oxidation sites excluding steroid dienone is 2. The molecule has 20 heavy (non-hydrogen) atoms. The number of ether oxygens (including phenoxy) is 2. The number of fused-ring (bicyclic) bond motifs is 2. The van der Waals surface area contributed by atoms with Crippen molar-refractivity contribution in [2.24, 2.45) is 0 Å². The molecule has 0 bridgehead atoms. The Bertz CT molecular complexity index is 707. The Balaban J connectivity index is 2.56. The molecule has 0 spiro atoms. The SMILES string of the molecule is COc1c2c(c(OC)c3ccccc13)C(=O)C=CC2=O. The molecule has 0 saturated heterocycles. The van der Waals surface area contributed by atoms with Gasteiger partial charge in [-0.3, -0.25) is 9.59 Å². The van der Waals surface area contributed by atoms with Gasteiger partial charge >= 0.3 is 0 Å². The molecule has 0 fully saturated rings. The number of carbonyl (C=O) groups is 2. The predicted octanol–water partition coefficient (Wildman–Crippen LogP) is 2.79. The average molecular weight is 268 g/mol. The molecule has 1 aliphatic rings. The van der Waals surface area contributed by atoms with Crippen molar-refractivity contribution in [2.75, 3.05) is 14.2 Å². The molecule has 0 N–H and O–H groups in total. The number of hydrogen-bond acceptors (Lipinski definition) is 4. The Labute approximate surface area is 115 Å². The fourth-order valence-corrected chi connectivity index (χ4v) is 2.59. The maximum Gasteiger partial charge on any atom is 0.190 e. The molecule has 0 radical (unpaired) electrons. The van der Waals surface area contributed by atoms with E-state index in [1.807, 2.05) is 24.3 Å². The number of carbonyl (C=O) groups excluding carboxylic acids is 2. The van der Waals surface area contributed by atoms with Crippen LogP contribution in [-0.4, -0.2) is 25.8 Å². The van der Waals surface area contributed by atoms with E-state index in [1.165, 1.54) is 26.4 Å². The van der Waals surface area contributed by atoms with Crippen LogP contribution in [0.15, 0.2) is 36.4 Å². The van der Waals surface area contributed by atoms with Crippen molar-refractivity contribution in [3.05, 3.63) is 47.5 Å². The minimum Gasteiger partial charge on any atom is -0.495 e. The highest BCUT2D eigenvalue weighted by Gasteiger charge is 2.30. The molecule has 0 saturated carbocycles. The van der Waals surface area contributed by atoms with E-state index in [0.29, 0.717) is 11.5 Å². The lowest BCUT2D eigenvalue weighted by atomic mass is 9.89. The van der Waals surface area contributed by atoms with Crippen molar-refractivity contribution < 1.29 is 19.1 Å². The lowest BCUT2D eigenvalue weighted by molar-refractivity contribution is 0.0989. The third-order valence-electron chi connectivity index (χ3n) is 3.41. The highest BCUT2D eigenvalue weighted by Crippen LogP contribution is 2.42. The first kappa shape index (κ1) is 12.4. The Morgan fingerprint density at radius 1 is 0.750 bits per heavy atom. The van der Waals surface area contributed by atoms with E-state index in [9.17, 15) is 9.59 Å². The van der Waals surface area contributed by atoms with E-state index in [0.717, 1.165) is 10.8 Å². The molecule has 4 heteroatoms. The second kappa shape index (κ2) is 4.49. The zero-order valence-electron chi connectivity index (χ0n) is 11.1. The molecule has 0 amide bonds. The van der Waals surface area contributed by atoms with Crippen LogP contribution in [0.1, 0.15) is 20.7 Å². The lowest BCUT2D eigenvalue weighted by Gasteiger charge is -2.19. The zero-order valence-corrected chi connectivity index (χ0v) is 11.1. The van der Waals surface area contributed by atoms with E-state index in [1.54, 1.807) is 0 Å². The van der Waals surface area contributed by atoms with Crippen molar-refractivity contribution in [3.8, 4) is 11.5 Å². The molecule has 1 aliphatic carbocycles.